The summed E-state index contributed by atoms with van der Waals surface area (Å²) in [6.45, 7) is 0.675. The predicted molar refractivity (Wildman–Crippen MR) is 97.9 cm³/mol. The van der Waals surface area contributed by atoms with Crippen molar-refractivity contribution in [3.8, 4) is 0 Å². The second-order valence-electron chi connectivity index (χ2n) is 3.27. The highest BCUT2D eigenvalue weighted by molar-refractivity contribution is 9.25. The SMILES string of the molecule is O=S(OCC(CBr)C(Br)Br)OCC(CBr)C(Br)Br. The van der Waals surface area contributed by atoms with E-state index in [0.717, 1.165) is 10.7 Å². The summed E-state index contributed by atoms with van der Waals surface area (Å²) in [5, 5.41) is 1.47. The molecule has 0 saturated carbocycles. The van der Waals surface area contributed by atoms with Crippen LogP contribution < -0.4 is 0 Å². The van der Waals surface area contributed by atoms with Crippen LogP contribution in [-0.4, -0.2) is 35.6 Å². The zero-order valence-electron chi connectivity index (χ0n) is 9.04. The molecule has 0 bridgehead atoms. The first kappa shape index (κ1) is 20.9. The van der Waals surface area contributed by atoms with Gasteiger partial charge in [-0.15, -0.1) is 0 Å². The number of alkyl halides is 6. The Labute approximate surface area is 161 Å². The summed E-state index contributed by atoms with van der Waals surface area (Å²) in [5.41, 5.74) is 0. The molecule has 0 heterocycles. The molecule has 0 spiro atoms. The van der Waals surface area contributed by atoms with Crippen molar-refractivity contribution in [2.24, 2.45) is 11.8 Å². The zero-order valence-corrected chi connectivity index (χ0v) is 19.4. The minimum atomic E-state index is -1.72. The largest absolute Gasteiger partial charge is 0.304 e. The standard InChI is InChI=1S/C8H12Br6O3S/c9-1-5(7(11)12)3-16-18(15)17-4-6(2-10)8(13)14/h5-8H,1-4H2. The van der Waals surface area contributed by atoms with Crippen molar-refractivity contribution in [3.63, 3.8) is 0 Å². The Balaban J connectivity index is 3.90. The average Bonchev–Trinajstić information content (AvgIpc) is 2.29. The lowest BCUT2D eigenvalue weighted by atomic mass is 10.2. The van der Waals surface area contributed by atoms with Gasteiger partial charge in [-0.3, -0.25) is 8.37 Å². The molecule has 0 saturated heterocycles. The van der Waals surface area contributed by atoms with Gasteiger partial charge in [0.15, 0.2) is 0 Å². The van der Waals surface area contributed by atoms with Gasteiger partial charge in [-0.2, -0.15) is 4.21 Å². The van der Waals surface area contributed by atoms with Gasteiger partial charge in [0, 0.05) is 22.5 Å². The van der Waals surface area contributed by atoms with Gasteiger partial charge in [-0.25, -0.2) is 0 Å². The topological polar surface area (TPSA) is 35.5 Å². The summed E-state index contributed by atoms with van der Waals surface area (Å²) in [5.74, 6) is 0.342. The second-order valence-corrected chi connectivity index (χ2v) is 11.8. The molecule has 0 aliphatic rings. The maximum atomic E-state index is 11.5. The molecule has 0 rings (SSSR count). The van der Waals surface area contributed by atoms with Crippen LogP contribution in [0, 0.1) is 11.8 Å². The number of hydrogen-bond donors (Lipinski definition) is 0. The lowest BCUT2D eigenvalue weighted by Gasteiger charge is -2.16. The number of halogens is 6. The fraction of sp³-hybridized carbons (Fsp3) is 1.00. The zero-order chi connectivity index (χ0) is 14.1. The molecule has 3 nitrogen and oxygen atoms in total. The van der Waals surface area contributed by atoms with E-state index >= 15 is 0 Å². The van der Waals surface area contributed by atoms with Crippen LogP contribution in [0.1, 0.15) is 0 Å². The summed E-state index contributed by atoms with van der Waals surface area (Å²) in [4.78, 5) is 0. The highest BCUT2D eigenvalue weighted by atomic mass is 79.9. The summed E-state index contributed by atoms with van der Waals surface area (Å²) in [6, 6.07) is 0. The molecule has 0 aliphatic carbocycles. The van der Waals surface area contributed by atoms with Crippen LogP contribution in [0.15, 0.2) is 0 Å². The quantitative estimate of drug-likeness (QED) is 0.313. The second kappa shape index (κ2) is 12.5. The summed E-state index contributed by atoms with van der Waals surface area (Å²) >= 11 is 18.6. The van der Waals surface area contributed by atoms with Gasteiger partial charge in [0.05, 0.1) is 20.7 Å². The predicted octanol–water partition coefficient (Wildman–Crippen LogP) is 4.85. The Morgan fingerprint density at radius 1 is 0.833 bits per heavy atom. The maximum Gasteiger partial charge on any atom is 0.304 e. The highest BCUT2D eigenvalue weighted by Gasteiger charge is 2.19. The third-order valence-electron chi connectivity index (χ3n) is 1.87. The minimum absolute atomic E-state index is 0.103. The van der Waals surface area contributed by atoms with Gasteiger partial charge < -0.3 is 0 Å². The van der Waals surface area contributed by atoms with E-state index in [-0.39, 0.29) is 19.3 Å². The Hall–Kier alpha value is 2.95. The van der Waals surface area contributed by atoms with E-state index in [0.29, 0.717) is 13.2 Å². The molecule has 18 heavy (non-hydrogen) atoms. The highest BCUT2D eigenvalue weighted by Crippen LogP contribution is 2.23. The van der Waals surface area contributed by atoms with Gasteiger partial charge in [-0.1, -0.05) is 95.6 Å². The molecule has 0 radical (unpaired) electrons. The molecular formula is C8H12Br6O3S. The van der Waals surface area contributed by atoms with E-state index in [4.69, 9.17) is 8.37 Å². The first-order valence-corrected chi connectivity index (χ1v) is 11.7. The summed E-state index contributed by atoms with van der Waals surface area (Å²) < 4.78 is 22.0. The maximum absolute atomic E-state index is 11.5. The van der Waals surface area contributed by atoms with Crippen LogP contribution in [0.2, 0.25) is 0 Å². The van der Waals surface area contributed by atoms with Crippen molar-refractivity contribution < 1.29 is 12.6 Å². The third-order valence-corrected chi connectivity index (χ3v) is 7.18. The Morgan fingerprint density at radius 2 is 1.17 bits per heavy atom. The van der Waals surface area contributed by atoms with Crippen LogP contribution >= 0.6 is 95.6 Å². The lowest BCUT2D eigenvalue weighted by molar-refractivity contribution is 0.214. The molecule has 0 aromatic carbocycles. The van der Waals surface area contributed by atoms with E-state index < -0.39 is 11.4 Å². The lowest BCUT2D eigenvalue weighted by Crippen LogP contribution is -2.22. The van der Waals surface area contributed by atoms with Crippen LogP contribution in [0.25, 0.3) is 0 Å². The smallest absolute Gasteiger partial charge is 0.268 e. The Kier molecular flexibility index (Phi) is 14.5. The van der Waals surface area contributed by atoms with Crippen molar-refractivity contribution in [1.29, 1.82) is 0 Å². The number of hydrogen-bond acceptors (Lipinski definition) is 3. The molecule has 2 unspecified atom stereocenters. The fourth-order valence-corrected chi connectivity index (χ4v) is 5.82. The van der Waals surface area contributed by atoms with E-state index in [9.17, 15) is 4.21 Å². The van der Waals surface area contributed by atoms with E-state index in [1.165, 1.54) is 0 Å². The van der Waals surface area contributed by atoms with E-state index in [1.54, 1.807) is 0 Å². The van der Waals surface area contributed by atoms with Crippen molar-refractivity contribution in [2.45, 2.75) is 7.47 Å². The third kappa shape index (κ3) is 9.81. The van der Waals surface area contributed by atoms with Crippen LogP contribution in [0.3, 0.4) is 0 Å². The molecule has 0 fully saturated rings. The molecule has 0 aromatic rings. The Bertz CT molecular complexity index is 221. The molecular weight excluding hydrogens is 656 g/mol. The molecule has 0 aromatic heterocycles. The van der Waals surface area contributed by atoms with Gasteiger partial charge in [0.25, 0.3) is 0 Å². The summed E-state index contributed by atoms with van der Waals surface area (Å²) in [7, 11) is 0. The van der Waals surface area contributed by atoms with E-state index in [1.807, 2.05) is 0 Å². The van der Waals surface area contributed by atoms with Crippen molar-refractivity contribution >= 4 is 107 Å². The van der Waals surface area contributed by atoms with Crippen LogP contribution in [0.5, 0.6) is 0 Å². The van der Waals surface area contributed by atoms with Crippen LogP contribution in [-0.2, 0) is 19.7 Å². The normalized spacial score (nSPS) is 17.1. The average molecular weight is 668 g/mol. The van der Waals surface area contributed by atoms with Gasteiger partial charge in [-0.05, 0) is 0 Å². The van der Waals surface area contributed by atoms with Gasteiger partial charge in [0.1, 0.15) is 0 Å². The summed E-state index contributed by atoms with van der Waals surface area (Å²) in [6.07, 6.45) is 0. The fourth-order valence-electron chi connectivity index (χ4n) is 0.689. The van der Waals surface area contributed by atoms with Crippen molar-refractivity contribution in [2.75, 3.05) is 23.9 Å². The van der Waals surface area contributed by atoms with Gasteiger partial charge >= 0.3 is 11.4 Å². The Morgan fingerprint density at radius 3 is 1.39 bits per heavy atom. The monoisotopic (exact) mass is 662 g/mol. The first-order valence-electron chi connectivity index (χ1n) is 4.78. The first-order chi connectivity index (χ1) is 8.42. The van der Waals surface area contributed by atoms with Crippen molar-refractivity contribution in [1.82, 2.24) is 0 Å². The molecule has 0 N–H and O–H groups in total. The minimum Gasteiger partial charge on any atom is -0.268 e. The van der Waals surface area contributed by atoms with Crippen LogP contribution in [0.4, 0.5) is 0 Å². The molecule has 110 valence electrons. The van der Waals surface area contributed by atoms with Gasteiger partial charge in [0.2, 0.25) is 0 Å². The molecule has 10 heteroatoms. The molecule has 0 aliphatic heterocycles. The number of rotatable bonds is 10. The molecule has 0 amide bonds. The molecule has 2 atom stereocenters. The van der Waals surface area contributed by atoms with E-state index in [2.05, 4.69) is 95.6 Å². The van der Waals surface area contributed by atoms with Crippen molar-refractivity contribution in [3.05, 3.63) is 0 Å².